The summed E-state index contributed by atoms with van der Waals surface area (Å²) in [6.07, 6.45) is 6.92. The van der Waals surface area contributed by atoms with Crippen LogP contribution in [0.15, 0.2) is 0 Å². The van der Waals surface area contributed by atoms with Gasteiger partial charge >= 0.3 is 0 Å². The molecule has 0 aliphatic heterocycles. The van der Waals surface area contributed by atoms with Gasteiger partial charge in [-0.15, -0.1) is 0 Å². The predicted molar refractivity (Wildman–Crippen MR) is 156 cm³/mol. The molecule has 0 radical (unpaired) electrons. The molecule has 1 amide bonds. The van der Waals surface area contributed by atoms with E-state index in [1.807, 2.05) is 14.1 Å². The van der Waals surface area contributed by atoms with E-state index in [0.717, 1.165) is 64.3 Å². The smallest absolute Gasteiger partial charge is 0.217 e. The van der Waals surface area contributed by atoms with Gasteiger partial charge in [-0.05, 0) is 110 Å². The minimum atomic E-state index is -4.46. The molecule has 41 heavy (non-hydrogen) atoms. The zero-order valence-corrected chi connectivity index (χ0v) is 26.7. The minimum absolute atomic E-state index is 0.0848. The van der Waals surface area contributed by atoms with Crippen LogP contribution in [0.25, 0.3) is 0 Å². The molecule has 238 valence electrons. The van der Waals surface area contributed by atoms with Gasteiger partial charge in [0.1, 0.15) is 12.6 Å². The van der Waals surface area contributed by atoms with Crippen LogP contribution in [0.5, 0.6) is 0 Å². The van der Waals surface area contributed by atoms with Crippen molar-refractivity contribution >= 4 is 16.0 Å². The topological polar surface area (TPSA) is 161 Å². The molecule has 10 heteroatoms. The quantitative estimate of drug-likeness (QED) is 0.209. The molecule has 0 bridgehead atoms. The second-order valence-electron chi connectivity index (χ2n) is 15.7. The zero-order chi connectivity index (χ0) is 30.5. The van der Waals surface area contributed by atoms with Gasteiger partial charge in [0.25, 0.3) is 0 Å². The Labute approximate surface area is 247 Å². The van der Waals surface area contributed by atoms with Crippen LogP contribution in [-0.4, -0.2) is 89.9 Å². The Balaban J connectivity index is 1.41. The number of hydrogen-bond donors (Lipinski definition) is 4. The van der Waals surface area contributed by atoms with Crippen LogP contribution in [0.2, 0.25) is 0 Å². The average Bonchev–Trinajstić information content (AvgIpc) is 3.19. The number of carbonyl (C=O) groups is 1. The van der Waals surface area contributed by atoms with Gasteiger partial charge in [-0.25, -0.2) is 8.42 Å². The van der Waals surface area contributed by atoms with Crippen molar-refractivity contribution in [2.45, 2.75) is 103 Å². The van der Waals surface area contributed by atoms with E-state index in [2.05, 4.69) is 20.8 Å². The first-order valence-electron chi connectivity index (χ1n) is 16.0. The molecule has 4 rings (SSSR count). The van der Waals surface area contributed by atoms with Gasteiger partial charge in [0.15, 0.2) is 0 Å². The number of amides is 1. The van der Waals surface area contributed by atoms with Gasteiger partial charge in [0.2, 0.25) is 5.91 Å². The number of quaternary nitrogens is 1. The minimum Gasteiger partial charge on any atom is -0.748 e. The Morgan fingerprint density at radius 1 is 1.10 bits per heavy atom. The molecule has 0 aromatic rings. The summed E-state index contributed by atoms with van der Waals surface area (Å²) in [5.74, 6) is 1.27. The fourth-order valence-corrected chi connectivity index (χ4v) is 11.1. The van der Waals surface area contributed by atoms with Crippen LogP contribution in [0.3, 0.4) is 0 Å². The van der Waals surface area contributed by atoms with E-state index in [1.54, 1.807) is 0 Å². The van der Waals surface area contributed by atoms with Gasteiger partial charge in [-0.2, -0.15) is 0 Å². The predicted octanol–water partition coefficient (Wildman–Crippen LogP) is 2.48. The lowest BCUT2D eigenvalue weighted by Crippen LogP contribution is -2.62. The van der Waals surface area contributed by atoms with E-state index in [0.29, 0.717) is 40.5 Å². The van der Waals surface area contributed by atoms with E-state index in [1.165, 1.54) is 0 Å². The molecule has 4 aliphatic carbocycles. The number of likely N-dealkylation sites (N-methyl/N-ethyl adjacent to an activating group) is 1. The van der Waals surface area contributed by atoms with Crippen molar-refractivity contribution in [3.63, 3.8) is 0 Å². The highest BCUT2D eigenvalue weighted by atomic mass is 32.2. The lowest BCUT2D eigenvalue weighted by molar-refractivity contribution is -0.893. The Morgan fingerprint density at radius 3 is 2.41 bits per heavy atom. The van der Waals surface area contributed by atoms with E-state index in [9.17, 15) is 33.1 Å². The SMILES string of the molecule is CC(CCC(N)=O)C1CCC2C3C(O)CC4CC(CC[N+](C)(C)CC(O)CS(=O)(=O)[O-])CCC4(C)C3CC(O)C12C. The van der Waals surface area contributed by atoms with Crippen molar-refractivity contribution in [2.75, 3.05) is 32.9 Å². The summed E-state index contributed by atoms with van der Waals surface area (Å²) in [5.41, 5.74) is 5.27. The summed E-state index contributed by atoms with van der Waals surface area (Å²) in [7, 11) is -0.532. The number of aliphatic hydroxyl groups is 3. The molecule has 0 saturated heterocycles. The van der Waals surface area contributed by atoms with E-state index >= 15 is 0 Å². The summed E-state index contributed by atoms with van der Waals surface area (Å²) in [6, 6.07) is 0. The monoisotopic (exact) mass is 600 g/mol. The van der Waals surface area contributed by atoms with E-state index < -0.39 is 28.1 Å². The van der Waals surface area contributed by atoms with Gasteiger partial charge < -0.3 is 30.1 Å². The molecule has 5 N–H and O–H groups in total. The highest BCUT2D eigenvalue weighted by Crippen LogP contribution is 2.68. The van der Waals surface area contributed by atoms with Crippen LogP contribution in [0, 0.1) is 52.3 Å². The van der Waals surface area contributed by atoms with E-state index in [4.69, 9.17) is 5.73 Å². The van der Waals surface area contributed by atoms with Crippen LogP contribution in [0.1, 0.15) is 85.0 Å². The number of nitrogens with two attached hydrogens (primary N) is 1. The first kappa shape index (κ1) is 33.1. The maximum absolute atomic E-state index is 11.8. The number of aliphatic hydroxyl groups excluding tert-OH is 3. The first-order valence-corrected chi connectivity index (χ1v) is 17.5. The zero-order valence-electron chi connectivity index (χ0n) is 25.9. The lowest BCUT2D eigenvalue weighted by Gasteiger charge is -2.64. The molecule has 0 aromatic carbocycles. The molecular weight excluding hydrogens is 544 g/mol. The van der Waals surface area contributed by atoms with Gasteiger partial charge in [0, 0.05) is 6.42 Å². The molecular formula is C31H56N2O7S. The number of nitrogens with zero attached hydrogens (tertiary/aromatic N) is 1. The molecule has 12 atom stereocenters. The van der Waals surface area contributed by atoms with Gasteiger partial charge in [0.05, 0.1) is 48.7 Å². The lowest BCUT2D eigenvalue weighted by atomic mass is 9.42. The van der Waals surface area contributed by atoms with Crippen molar-refractivity contribution in [3.8, 4) is 0 Å². The van der Waals surface area contributed by atoms with Crippen LogP contribution < -0.4 is 5.73 Å². The summed E-state index contributed by atoms with van der Waals surface area (Å²) in [5, 5.41) is 33.6. The molecule has 4 fully saturated rings. The standard InChI is InChI=1S/C31H56N2O7S/c1-19(6-9-28(32)37)23-7-8-24-29-25(16-27(36)31(23,24)3)30(2)12-10-20(14-21(30)15-26(29)35)11-13-33(4,5)17-22(34)18-41(38,39)40/h19-27,29,34-36H,6-18H2,1-5H3,(H2-,32,37,38,39,40). The molecule has 0 spiro atoms. The van der Waals surface area contributed by atoms with E-state index in [-0.39, 0.29) is 41.2 Å². The summed E-state index contributed by atoms with van der Waals surface area (Å²) < 4.78 is 33.6. The molecule has 12 unspecified atom stereocenters. The molecule has 4 saturated carbocycles. The third kappa shape index (κ3) is 6.83. The maximum Gasteiger partial charge on any atom is 0.217 e. The van der Waals surface area contributed by atoms with Crippen molar-refractivity contribution < 1.29 is 37.6 Å². The second-order valence-corrected chi connectivity index (χ2v) is 17.2. The average molecular weight is 601 g/mol. The number of hydrogen-bond acceptors (Lipinski definition) is 7. The summed E-state index contributed by atoms with van der Waals surface area (Å²) >= 11 is 0. The number of carbonyl (C=O) groups excluding carboxylic acids is 1. The van der Waals surface area contributed by atoms with Crippen molar-refractivity contribution in [3.05, 3.63) is 0 Å². The van der Waals surface area contributed by atoms with Crippen LogP contribution in [0.4, 0.5) is 0 Å². The Hall–Kier alpha value is -0.780. The third-order valence-electron chi connectivity index (χ3n) is 12.7. The van der Waals surface area contributed by atoms with Crippen molar-refractivity contribution in [1.82, 2.24) is 0 Å². The Bertz CT molecular complexity index is 1050. The number of fused-ring (bicyclic) bond motifs is 5. The number of rotatable bonds is 11. The second kappa shape index (κ2) is 12.0. The fourth-order valence-electron chi connectivity index (χ4n) is 10.6. The summed E-state index contributed by atoms with van der Waals surface area (Å²) in [6.45, 7) is 7.86. The number of primary amides is 1. The third-order valence-corrected chi connectivity index (χ3v) is 13.5. The van der Waals surface area contributed by atoms with Gasteiger partial charge in [-0.3, -0.25) is 4.79 Å². The highest BCUT2D eigenvalue weighted by molar-refractivity contribution is 7.85. The van der Waals surface area contributed by atoms with Gasteiger partial charge in [-0.1, -0.05) is 20.8 Å². The molecule has 4 aliphatic rings. The van der Waals surface area contributed by atoms with Crippen LogP contribution in [-0.2, 0) is 14.9 Å². The Morgan fingerprint density at radius 2 is 1.78 bits per heavy atom. The summed E-state index contributed by atoms with van der Waals surface area (Å²) in [4.78, 5) is 11.4. The molecule has 9 nitrogen and oxygen atoms in total. The molecule has 0 heterocycles. The normalized spacial score (nSPS) is 42.6. The Kier molecular flexibility index (Phi) is 9.66. The first-order chi connectivity index (χ1) is 18.9. The van der Waals surface area contributed by atoms with Crippen LogP contribution >= 0.6 is 0 Å². The maximum atomic E-state index is 11.8. The fraction of sp³-hybridized carbons (Fsp3) is 0.968. The van der Waals surface area contributed by atoms with Crippen molar-refractivity contribution in [2.24, 2.45) is 58.0 Å². The molecule has 0 aromatic heterocycles. The highest BCUT2D eigenvalue weighted by Gasteiger charge is 2.65. The largest absolute Gasteiger partial charge is 0.748 e. The van der Waals surface area contributed by atoms with Crippen molar-refractivity contribution in [1.29, 1.82) is 0 Å².